The van der Waals surface area contributed by atoms with Crippen molar-refractivity contribution in [1.29, 1.82) is 0 Å². The van der Waals surface area contributed by atoms with E-state index in [1.165, 1.54) is 18.2 Å². The zero-order chi connectivity index (χ0) is 14.7. The molecule has 0 heterocycles. The number of sulfone groups is 2. The maximum absolute atomic E-state index is 12.0. The van der Waals surface area contributed by atoms with Crippen molar-refractivity contribution in [3.8, 4) is 0 Å². The second kappa shape index (κ2) is 5.92. The van der Waals surface area contributed by atoms with Crippen molar-refractivity contribution in [2.24, 2.45) is 0 Å². The molecular formula is C12H19NO4S2. The van der Waals surface area contributed by atoms with Gasteiger partial charge in [-0.15, -0.1) is 0 Å². The molecule has 0 bridgehead atoms. The first kappa shape index (κ1) is 16.0. The molecule has 7 heteroatoms. The Labute approximate surface area is 114 Å². The van der Waals surface area contributed by atoms with Crippen molar-refractivity contribution >= 4 is 25.4 Å². The molecule has 0 amide bonds. The van der Waals surface area contributed by atoms with Gasteiger partial charge in [-0.2, -0.15) is 0 Å². The van der Waals surface area contributed by atoms with Crippen LogP contribution in [0.15, 0.2) is 23.1 Å². The summed E-state index contributed by atoms with van der Waals surface area (Å²) >= 11 is 0. The molecule has 0 atom stereocenters. The summed E-state index contributed by atoms with van der Waals surface area (Å²) in [4.78, 5) is 0.117. The number of nitrogen functional groups attached to an aromatic ring is 1. The highest BCUT2D eigenvalue weighted by Gasteiger charge is 2.19. The van der Waals surface area contributed by atoms with Gasteiger partial charge in [0.1, 0.15) is 0 Å². The standard InChI is InChI=1S/C12H19NO4S2/c1-3-6-18(14,15)7-8-19(16,17)11-4-5-12(13)10(2)9-11/h4-5,9H,3,6-8,13H2,1-2H3. The van der Waals surface area contributed by atoms with Crippen LogP contribution in [0, 0.1) is 6.92 Å². The van der Waals surface area contributed by atoms with Crippen LogP contribution >= 0.6 is 0 Å². The fourth-order valence-corrected chi connectivity index (χ4v) is 5.20. The lowest BCUT2D eigenvalue weighted by Crippen LogP contribution is -2.19. The van der Waals surface area contributed by atoms with Crippen LogP contribution in [0.5, 0.6) is 0 Å². The van der Waals surface area contributed by atoms with Crippen molar-refractivity contribution in [2.75, 3.05) is 23.0 Å². The van der Waals surface area contributed by atoms with E-state index in [1.54, 1.807) is 13.8 Å². The highest BCUT2D eigenvalue weighted by Crippen LogP contribution is 2.18. The monoisotopic (exact) mass is 305 g/mol. The van der Waals surface area contributed by atoms with Crippen LogP contribution in [-0.4, -0.2) is 34.1 Å². The lowest BCUT2D eigenvalue weighted by atomic mass is 10.2. The normalized spacial score (nSPS) is 12.5. The van der Waals surface area contributed by atoms with Crippen LogP contribution in [0.4, 0.5) is 5.69 Å². The summed E-state index contributed by atoms with van der Waals surface area (Å²) in [5.41, 5.74) is 6.80. The van der Waals surface area contributed by atoms with Gasteiger partial charge < -0.3 is 5.73 Å². The molecule has 0 aliphatic carbocycles. The SMILES string of the molecule is CCCS(=O)(=O)CCS(=O)(=O)c1ccc(N)c(C)c1. The molecule has 0 saturated heterocycles. The average molecular weight is 305 g/mol. The molecule has 5 nitrogen and oxygen atoms in total. The van der Waals surface area contributed by atoms with E-state index in [-0.39, 0.29) is 16.4 Å². The van der Waals surface area contributed by atoms with E-state index in [0.717, 1.165) is 0 Å². The quantitative estimate of drug-likeness (QED) is 0.796. The van der Waals surface area contributed by atoms with E-state index in [2.05, 4.69) is 0 Å². The Morgan fingerprint density at radius 2 is 1.68 bits per heavy atom. The predicted molar refractivity (Wildman–Crippen MR) is 76.6 cm³/mol. The third-order valence-corrected chi connectivity index (χ3v) is 6.61. The van der Waals surface area contributed by atoms with Crippen LogP contribution in [0.25, 0.3) is 0 Å². The number of anilines is 1. The summed E-state index contributed by atoms with van der Waals surface area (Å²) in [5.74, 6) is -0.714. The Morgan fingerprint density at radius 1 is 1.05 bits per heavy atom. The fraction of sp³-hybridized carbons (Fsp3) is 0.500. The zero-order valence-corrected chi connectivity index (χ0v) is 12.7. The number of nitrogens with two attached hydrogens (primary N) is 1. The van der Waals surface area contributed by atoms with Crippen LogP contribution in [0.1, 0.15) is 18.9 Å². The number of hydrogen-bond acceptors (Lipinski definition) is 5. The fourth-order valence-electron chi connectivity index (χ4n) is 1.61. The van der Waals surface area contributed by atoms with Gasteiger partial charge >= 0.3 is 0 Å². The van der Waals surface area contributed by atoms with Crippen LogP contribution in [0.2, 0.25) is 0 Å². The first-order chi connectivity index (χ1) is 8.68. The molecule has 108 valence electrons. The Balaban J connectivity index is 2.90. The van der Waals surface area contributed by atoms with Crippen LogP contribution in [0.3, 0.4) is 0 Å². The molecular weight excluding hydrogens is 286 g/mol. The maximum atomic E-state index is 12.0. The summed E-state index contributed by atoms with van der Waals surface area (Å²) in [6.45, 7) is 3.46. The van der Waals surface area contributed by atoms with Gasteiger partial charge in [-0.1, -0.05) is 6.92 Å². The van der Waals surface area contributed by atoms with E-state index in [4.69, 9.17) is 5.73 Å². The van der Waals surface area contributed by atoms with E-state index >= 15 is 0 Å². The average Bonchev–Trinajstić information content (AvgIpc) is 2.30. The Morgan fingerprint density at radius 3 is 2.21 bits per heavy atom. The molecule has 0 radical (unpaired) electrons. The van der Waals surface area contributed by atoms with Crippen molar-refractivity contribution in [2.45, 2.75) is 25.2 Å². The van der Waals surface area contributed by atoms with Crippen LogP contribution in [-0.2, 0) is 19.7 Å². The van der Waals surface area contributed by atoms with Gasteiger partial charge in [-0.3, -0.25) is 0 Å². The van der Waals surface area contributed by atoms with Gasteiger partial charge in [0.2, 0.25) is 0 Å². The smallest absolute Gasteiger partial charge is 0.179 e. The molecule has 0 aliphatic rings. The minimum atomic E-state index is -3.59. The molecule has 0 aliphatic heterocycles. The topological polar surface area (TPSA) is 94.3 Å². The molecule has 0 aromatic heterocycles. The second-order valence-corrected chi connectivity index (χ2v) is 8.90. The predicted octanol–water partition coefficient (Wildman–Crippen LogP) is 1.18. The van der Waals surface area contributed by atoms with Crippen molar-refractivity contribution in [3.63, 3.8) is 0 Å². The van der Waals surface area contributed by atoms with Gasteiger partial charge in [-0.25, -0.2) is 16.8 Å². The molecule has 0 fully saturated rings. The van der Waals surface area contributed by atoms with Gasteiger partial charge in [0.25, 0.3) is 0 Å². The third kappa shape index (κ3) is 4.50. The van der Waals surface area contributed by atoms with Gasteiger partial charge in [-0.05, 0) is 37.1 Å². The molecule has 0 unspecified atom stereocenters. The Kier molecular flexibility index (Phi) is 4.98. The van der Waals surface area contributed by atoms with Crippen LogP contribution < -0.4 is 5.73 Å². The van der Waals surface area contributed by atoms with E-state index in [1.807, 2.05) is 0 Å². The third-order valence-electron chi connectivity index (χ3n) is 2.78. The van der Waals surface area contributed by atoms with Crippen molar-refractivity contribution in [1.82, 2.24) is 0 Å². The molecule has 19 heavy (non-hydrogen) atoms. The number of hydrogen-bond donors (Lipinski definition) is 1. The molecule has 1 aromatic rings. The highest BCUT2D eigenvalue weighted by molar-refractivity contribution is 7.95. The lowest BCUT2D eigenvalue weighted by molar-refractivity contribution is 0.587. The van der Waals surface area contributed by atoms with Crippen molar-refractivity contribution < 1.29 is 16.8 Å². The summed E-state index contributed by atoms with van der Waals surface area (Å²) in [5, 5.41) is 0. The van der Waals surface area contributed by atoms with Gasteiger partial charge in [0.15, 0.2) is 19.7 Å². The first-order valence-electron chi connectivity index (χ1n) is 5.97. The molecule has 1 aromatic carbocycles. The molecule has 0 saturated carbocycles. The van der Waals surface area contributed by atoms with E-state index in [9.17, 15) is 16.8 Å². The number of benzene rings is 1. The molecule has 1 rings (SSSR count). The van der Waals surface area contributed by atoms with Gasteiger partial charge in [0.05, 0.1) is 16.4 Å². The Hall–Kier alpha value is -1.08. The van der Waals surface area contributed by atoms with E-state index in [0.29, 0.717) is 17.7 Å². The highest BCUT2D eigenvalue weighted by atomic mass is 32.2. The molecule has 2 N–H and O–H groups in total. The summed E-state index contributed by atoms with van der Waals surface area (Å²) < 4.78 is 47.2. The number of aryl methyl sites for hydroxylation is 1. The maximum Gasteiger partial charge on any atom is 0.179 e. The Bertz CT molecular complexity index is 648. The molecule has 0 spiro atoms. The minimum absolute atomic E-state index is 0.0171. The largest absolute Gasteiger partial charge is 0.399 e. The minimum Gasteiger partial charge on any atom is -0.399 e. The first-order valence-corrected chi connectivity index (χ1v) is 9.44. The van der Waals surface area contributed by atoms with Crippen molar-refractivity contribution in [3.05, 3.63) is 23.8 Å². The summed E-state index contributed by atoms with van der Waals surface area (Å²) in [7, 11) is -6.88. The second-order valence-electron chi connectivity index (χ2n) is 4.49. The lowest BCUT2D eigenvalue weighted by Gasteiger charge is -2.07. The number of rotatable bonds is 6. The van der Waals surface area contributed by atoms with E-state index < -0.39 is 25.4 Å². The van der Waals surface area contributed by atoms with Gasteiger partial charge in [0, 0.05) is 11.4 Å². The summed E-state index contributed by atoms with van der Waals surface area (Å²) in [6, 6.07) is 4.39. The zero-order valence-electron chi connectivity index (χ0n) is 11.1. The summed E-state index contributed by atoms with van der Waals surface area (Å²) in [6.07, 6.45) is 0.489.